The Kier molecular flexibility index (Phi) is 5.32. The van der Waals surface area contributed by atoms with Crippen molar-refractivity contribution < 1.29 is 19.4 Å². The summed E-state index contributed by atoms with van der Waals surface area (Å²) in [5.41, 5.74) is 1.12. The lowest BCUT2D eigenvalue weighted by Crippen LogP contribution is -2.52. The van der Waals surface area contributed by atoms with Gasteiger partial charge in [0.1, 0.15) is 6.23 Å². The van der Waals surface area contributed by atoms with Gasteiger partial charge in [0.15, 0.2) is 0 Å². The molecule has 2 rings (SSSR count). The first-order valence-corrected chi connectivity index (χ1v) is 6.45. The van der Waals surface area contributed by atoms with Crippen LogP contribution in [-0.2, 0) is 20.9 Å². The second-order valence-electron chi connectivity index (χ2n) is 4.53. The quantitative estimate of drug-likeness (QED) is 0.539. The highest BCUT2D eigenvalue weighted by Crippen LogP contribution is 2.11. The SMILES string of the molecule is O=C1C[C@H](O[C@H](CO)CCOCc2ccccc2)N1. The van der Waals surface area contributed by atoms with Gasteiger partial charge in [0.05, 0.1) is 25.7 Å². The molecule has 5 nitrogen and oxygen atoms in total. The number of aliphatic hydroxyl groups excluding tert-OH is 1. The van der Waals surface area contributed by atoms with Crippen LogP contribution in [0.3, 0.4) is 0 Å². The van der Waals surface area contributed by atoms with Crippen molar-refractivity contribution in [1.82, 2.24) is 5.32 Å². The Labute approximate surface area is 112 Å². The fraction of sp³-hybridized carbons (Fsp3) is 0.500. The van der Waals surface area contributed by atoms with Gasteiger partial charge in [-0.25, -0.2) is 0 Å². The van der Waals surface area contributed by atoms with E-state index in [4.69, 9.17) is 9.47 Å². The maximum Gasteiger partial charge on any atom is 0.226 e. The highest BCUT2D eigenvalue weighted by atomic mass is 16.5. The molecule has 1 amide bonds. The number of aliphatic hydroxyl groups is 1. The molecule has 1 heterocycles. The molecular weight excluding hydrogens is 246 g/mol. The van der Waals surface area contributed by atoms with Gasteiger partial charge in [-0.2, -0.15) is 0 Å². The molecule has 0 radical (unpaired) electrons. The number of benzene rings is 1. The van der Waals surface area contributed by atoms with Gasteiger partial charge in [-0.3, -0.25) is 4.79 Å². The monoisotopic (exact) mass is 265 g/mol. The van der Waals surface area contributed by atoms with Crippen LogP contribution in [0.25, 0.3) is 0 Å². The summed E-state index contributed by atoms with van der Waals surface area (Å²) < 4.78 is 11.0. The molecule has 1 saturated heterocycles. The van der Waals surface area contributed by atoms with E-state index in [1.54, 1.807) is 0 Å². The van der Waals surface area contributed by atoms with Gasteiger partial charge in [-0.1, -0.05) is 30.3 Å². The van der Waals surface area contributed by atoms with Crippen LogP contribution in [0.2, 0.25) is 0 Å². The molecule has 0 aromatic heterocycles. The van der Waals surface area contributed by atoms with Crippen LogP contribution in [0.15, 0.2) is 30.3 Å². The van der Waals surface area contributed by atoms with Crippen molar-refractivity contribution in [3.8, 4) is 0 Å². The van der Waals surface area contributed by atoms with E-state index in [1.165, 1.54) is 0 Å². The van der Waals surface area contributed by atoms with Gasteiger partial charge in [0.25, 0.3) is 0 Å². The number of rotatable bonds is 8. The molecule has 1 aromatic carbocycles. The third-order valence-electron chi connectivity index (χ3n) is 2.95. The van der Waals surface area contributed by atoms with E-state index in [9.17, 15) is 9.90 Å². The van der Waals surface area contributed by atoms with Crippen LogP contribution in [0.1, 0.15) is 18.4 Å². The van der Waals surface area contributed by atoms with E-state index in [0.717, 1.165) is 5.56 Å². The molecule has 1 aliphatic rings. The van der Waals surface area contributed by atoms with Gasteiger partial charge in [-0.15, -0.1) is 0 Å². The van der Waals surface area contributed by atoms with Crippen LogP contribution in [0.4, 0.5) is 0 Å². The van der Waals surface area contributed by atoms with Gasteiger partial charge in [0, 0.05) is 6.61 Å². The minimum Gasteiger partial charge on any atom is -0.394 e. The minimum atomic E-state index is -0.290. The minimum absolute atomic E-state index is 0.0120. The van der Waals surface area contributed by atoms with E-state index >= 15 is 0 Å². The topological polar surface area (TPSA) is 67.8 Å². The Morgan fingerprint density at radius 2 is 2.11 bits per heavy atom. The first-order valence-electron chi connectivity index (χ1n) is 6.45. The standard InChI is InChI=1S/C14H19NO4/c16-9-12(19-14-8-13(17)15-14)6-7-18-10-11-4-2-1-3-5-11/h1-5,12,14,16H,6-10H2,(H,15,17)/t12-,14-/m0/s1. The number of carbonyl (C=O) groups is 1. The maximum atomic E-state index is 10.7. The van der Waals surface area contributed by atoms with Crippen molar-refractivity contribution in [2.24, 2.45) is 0 Å². The first-order chi connectivity index (χ1) is 9.28. The lowest BCUT2D eigenvalue weighted by atomic mass is 10.2. The van der Waals surface area contributed by atoms with Crippen molar-refractivity contribution in [2.45, 2.75) is 31.8 Å². The van der Waals surface area contributed by atoms with Crippen molar-refractivity contribution >= 4 is 5.91 Å². The number of hydrogen-bond acceptors (Lipinski definition) is 4. The molecule has 0 spiro atoms. The molecule has 1 fully saturated rings. The fourth-order valence-electron chi connectivity index (χ4n) is 1.82. The molecule has 5 heteroatoms. The van der Waals surface area contributed by atoms with Crippen LogP contribution >= 0.6 is 0 Å². The van der Waals surface area contributed by atoms with Crippen LogP contribution in [-0.4, -0.2) is 36.6 Å². The summed E-state index contributed by atoms with van der Waals surface area (Å²) >= 11 is 0. The van der Waals surface area contributed by atoms with Crippen LogP contribution < -0.4 is 5.32 Å². The highest BCUT2D eigenvalue weighted by molar-refractivity contribution is 5.82. The van der Waals surface area contributed by atoms with E-state index in [2.05, 4.69) is 5.32 Å². The maximum absolute atomic E-state index is 10.7. The Hall–Kier alpha value is -1.43. The van der Waals surface area contributed by atoms with Crippen molar-refractivity contribution in [1.29, 1.82) is 0 Å². The normalized spacial score (nSPS) is 19.6. The van der Waals surface area contributed by atoms with Crippen molar-refractivity contribution in [2.75, 3.05) is 13.2 Å². The largest absolute Gasteiger partial charge is 0.394 e. The molecule has 0 aliphatic carbocycles. The molecular formula is C14H19NO4. The average molecular weight is 265 g/mol. The lowest BCUT2D eigenvalue weighted by molar-refractivity contribution is -0.149. The van der Waals surface area contributed by atoms with Gasteiger partial charge in [0.2, 0.25) is 5.91 Å². The average Bonchev–Trinajstić information content (AvgIpc) is 2.41. The molecule has 19 heavy (non-hydrogen) atoms. The molecule has 2 N–H and O–H groups in total. The molecule has 2 atom stereocenters. The first kappa shape index (κ1) is 14.0. The van der Waals surface area contributed by atoms with Crippen LogP contribution in [0, 0.1) is 0 Å². The molecule has 0 saturated carbocycles. The summed E-state index contributed by atoms with van der Waals surface area (Å²) in [4.78, 5) is 10.7. The number of β-lactam (4-membered cyclic amide) rings is 1. The summed E-state index contributed by atoms with van der Waals surface area (Å²) in [7, 11) is 0. The lowest BCUT2D eigenvalue weighted by Gasteiger charge is -2.30. The number of carbonyl (C=O) groups excluding carboxylic acids is 1. The zero-order chi connectivity index (χ0) is 13.5. The summed E-state index contributed by atoms with van der Waals surface area (Å²) in [6, 6.07) is 9.91. The summed E-state index contributed by atoms with van der Waals surface area (Å²) in [5.74, 6) is -0.0120. The zero-order valence-electron chi connectivity index (χ0n) is 10.7. The summed E-state index contributed by atoms with van der Waals surface area (Å²) in [5, 5.41) is 11.8. The third-order valence-corrected chi connectivity index (χ3v) is 2.95. The fourth-order valence-corrected chi connectivity index (χ4v) is 1.82. The smallest absolute Gasteiger partial charge is 0.226 e. The van der Waals surface area contributed by atoms with E-state index in [0.29, 0.717) is 26.1 Å². The number of nitrogens with one attached hydrogen (secondary N) is 1. The van der Waals surface area contributed by atoms with Gasteiger partial charge < -0.3 is 19.9 Å². The van der Waals surface area contributed by atoms with E-state index in [-0.39, 0.29) is 24.8 Å². The highest BCUT2D eigenvalue weighted by Gasteiger charge is 2.28. The van der Waals surface area contributed by atoms with Gasteiger partial charge >= 0.3 is 0 Å². The van der Waals surface area contributed by atoms with Gasteiger partial charge in [-0.05, 0) is 12.0 Å². The van der Waals surface area contributed by atoms with E-state index in [1.807, 2.05) is 30.3 Å². The third kappa shape index (κ3) is 4.63. The molecule has 0 unspecified atom stereocenters. The van der Waals surface area contributed by atoms with E-state index < -0.39 is 0 Å². The molecule has 104 valence electrons. The van der Waals surface area contributed by atoms with Crippen molar-refractivity contribution in [3.63, 3.8) is 0 Å². The molecule has 0 bridgehead atoms. The Bertz CT molecular complexity index is 388. The Balaban J connectivity index is 1.59. The Morgan fingerprint density at radius 3 is 2.74 bits per heavy atom. The summed E-state index contributed by atoms with van der Waals surface area (Å²) in [6.07, 6.45) is 0.442. The predicted molar refractivity (Wildman–Crippen MR) is 69.2 cm³/mol. The Morgan fingerprint density at radius 1 is 1.37 bits per heavy atom. The van der Waals surface area contributed by atoms with Crippen LogP contribution in [0.5, 0.6) is 0 Å². The number of ether oxygens (including phenoxy) is 2. The molecule has 1 aliphatic heterocycles. The predicted octanol–water partition coefficient (Wildman–Crippen LogP) is 0.817. The summed E-state index contributed by atoms with van der Waals surface area (Å²) in [6.45, 7) is 1.00. The zero-order valence-corrected chi connectivity index (χ0v) is 10.7. The second-order valence-corrected chi connectivity index (χ2v) is 4.53. The number of hydrogen-bond donors (Lipinski definition) is 2. The molecule has 1 aromatic rings. The number of amides is 1. The van der Waals surface area contributed by atoms with Crippen molar-refractivity contribution in [3.05, 3.63) is 35.9 Å². The second kappa shape index (κ2) is 7.23.